The summed E-state index contributed by atoms with van der Waals surface area (Å²) in [5, 5.41) is 5.75. The number of carbonyl (C=O) groups excluding carboxylic acids is 1. The molecule has 0 fully saturated rings. The summed E-state index contributed by atoms with van der Waals surface area (Å²) in [5.74, 6) is -0.156. The molecule has 4 aromatic rings. The highest BCUT2D eigenvalue weighted by Gasteiger charge is 2.23. The Morgan fingerprint density at radius 1 is 0.933 bits per heavy atom. The molecule has 0 amide bonds. The first kappa shape index (κ1) is 20.5. The maximum atomic E-state index is 12.9. The fourth-order valence-corrected chi connectivity index (χ4v) is 4.05. The van der Waals surface area contributed by atoms with Crippen LogP contribution >= 0.6 is 35.0 Å². The molecule has 1 aromatic heterocycles. The maximum Gasteiger partial charge on any atom is 0.344 e. The van der Waals surface area contributed by atoms with Crippen LogP contribution in [0.4, 0.5) is 0 Å². The van der Waals surface area contributed by atoms with Crippen LogP contribution in [0.1, 0.15) is 16.1 Å². The molecule has 0 aliphatic carbocycles. The lowest BCUT2D eigenvalue weighted by molar-refractivity contribution is 0.0718. The van der Waals surface area contributed by atoms with Gasteiger partial charge in [0.15, 0.2) is 0 Å². The second-order valence-corrected chi connectivity index (χ2v) is 8.38. The highest BCUT2D eigenvalue weighted by molar-refractivity contribution is 7.99. The number of benzene rings is 3. The number of hydrogen-bond donors (Lipinski definition) is 0. The van der Waals surface area contributed by atoms with Crippen molar-refractivity contribution in [2.45, 2.75) is 16.7 Å². The zero-order valence-corrected chi connectivity index (χ0v) is 18.2. The summed E-state index contributed by atoms with van der Waals surface area (Å²) in [6, 6.07) is 23.6. The average Bonchev–Trinajstić information content (AvgIpc) is 3.05. The van der Waals surface area contributed by atoms with Gasteiger partial charge in [-0.25, -0.2) is 4.79 Å². The van der Waals surface area contributed by atoms with Crippen molar-refractivity contribution in [2.24, 2.45) is 0 Å². The molecule has 150 valence electrons. The molecule has 0 spiro atoms. The minimum Gasteiger partial charge on any atom is -0.402 e. The number of ether oxygens (including phenoxy) is 1. The molecule has 0 saturated carbocycles. The van der Waals surface area contributed by atoms with E-state index in [4.69, 9.17) is 27.9 Å². The number of esters is 1. The molecule has 30 heavy (non-hydrogen) atoms. The van der Waals surface area contributed by atoms with Crippen LogP contribution in [-0.2, 0) is 0 Å². The minimum absolute atomic E-state index is 0.351. The lowest BCUT2D eigenvalue weighted by Crippen LogP contribution is -2.12. The smallest absolute Gasteiger partial charge is 0.344 e. The SMILES string of the molecule is Cc1nn(-c2ccccc2)c(OC(=O)c2cccc(Cl)c2)c1Sc1ccc(Cl)cc1. The van der Waals surface area contributed by atoms with Crippen molar-refractivity contribution in [3.63, 3.8) is 0 Å². The molecule has 3 aromatic carbocycles. The number of aryl methyl sites for hydroxylation is 1. The van der Waals surface area contributed by atoms with Gasteiger partial charge in [-0.15, -0.1) is 0 Å². The lowest BCUT2D eigenvalue weighted by atomic mass is 10.2. The Labute approximate surface area is 188 Å². The Hall–Kier alpha value is -2.73. The largest absolute Gasteiger partial charge is 0.402 e. The second-order valence-electron chi connectivity index (χ2n) is 6.42. The zero-order valence-electron chi connectivity index (χ0n) is 15.9. The lowest BCUT2D eigenvalue weighted by Gasteiger charge is -2.10. The molecular weight excluding hydrogens is 439 g/mol. The van der Waals surface area contributed by atoms with E-state index in [0.29, 0.717) is 21.5 Å². The van der Waals surface area contributed by atoms with Crippen LogP contribution in [0.5, 0.6) is 5.88 Å². The fourth-order valence-electron chi connectivity index (χ4n) is 2.83. The molecule has 0 unspecified atom stereocenters. The van der Waals surface area contributed by atoms with Crippen LogP contribution in [0.15, 0.2) is 88.7 Å². The molecule has 0 N–H and O–H groups in total. The number of aromatic nitrogens is 2. The van der Waals surface area contributed by atoms with Crippen LogP contribution in [0.2, 0.25) is 10.0 Å². The first-order chi connectivity index (χ1) is 14.5. The summed E-state index contributed by atoms with van der Waals surface area (Å²) in [4.78, 5) is 14.6. The van der Waals surface area contributed by atoms with Gasteiger partial charge in [0.2, 0.25) is 5.88 Å². The van der Waals surface area contributed by atoms with Crippen LogP contribution < -0.4 is 4.74 Å². The predicted molar refractivity (Wildman–Crippen MR) is 120 cm³/mol. The van der Waals surface area contributed by atoms with Gasteiger partial charge in [-0.05, 0) is 61.5 Å². The third-order valence-corrected chi connectivity index (χ3v) is 5.92. The molecule has 0 saturated heterocycles. The molecule has 4 rings (SSSR count). The van der Waals surface area contributed by atoms with Gasteiger partial charge >= 0.3 is 5.97 Å². The number of rotatable bonds is 5. The first-order valence-corrected chi connectivity index (χ1v) is 10.6. The zero-order chi connectivity index (χ0) is 21.1. The van der Waals surface area contributed by atoms with Crippen LogP contribution in [-0.4, -0.2) is 15.7 Å². The van der Waals surface area contributed by atoms with Gasteiger partial charge in [0.1, 0.15) is 0 Å². The highest BCUT2D eigenvalue weighted by Crippen LogP contribution is 2.39. The van der Waals surface area contributed by atoms with Gasteiger partial charge in [0.05, 0.1) is 21.8 Å². The van der Waals surface area contributed by atoms with E-state index in [0.717, 1.165) is 21.2 Å². The second kappa shape index (κ2) is 8.96. The van der Waals surface area contributed by atoms with E-state index < -0.39 is 5.97 Å². The van der Waals surface area contributed by atoms with Crippen molar-refractivity contribution in [3.05, 3.63) is 100 Å². The quantitative estimate of drug-likeness (QED) is 0.309. The molecule has 0 radical (unpaired) electrons. The molecule has 1 heterocycles. The van der Waals surface area contributed by atoms with Crippen LogP contribution in [0.3, 0.4) is 0 Å². The summed E-state index contributed by atoms with van der Waals surface area (Å²) in [5.41, 5.74) is 1.90. The first-order valence-electron chi connectivity index (χ1n) is 9.07. The number of hydrogen-bond acceptors (Lipinski definition) is 4. The summed E-state index contributed by atoms with van der Waals surface area (Å²) in [6.07, 6.45) is 0. The Kier molecular flexibility index (Phi) is 6.13. The van der Waals surface area contributed by atoms with Crippen molar-refractivity contribution < 1.29 is 9.53 Å². The summed E-state index contributed by atoms with van der Waals surface area (Å²) in [6.45, 7) is 1.88. The van der Waals surface area contributed by atoms with E-state index in [1.54, 1.807) is 28.9 Å². The maximum absolute atomic E-state index is 12.9. The fraction of sp³-hybridized carbons (Fsp3) is 0.0435. The van der Waals surface area contributed by atoms with E-state index >= 15 is 0 Å². The van der Waals surface area contributed by atoms with Crippen molar-refractivity contribution >= 4 is 40.9 Å². The summed E-state index contributed by atoms with van der Waals surface area (Å²) >= 11 is 13.5. The number of para-hydroxylation sites is 1. The normalized spacial score (nSPS) is 10.8. The Morgan fingerprint density at radius 3 is 2.37 bits per heavy atom. The number of halogens is 2. The Bertz CT molecular complexity index is 1190. The van der Waals surface area contributed by atoms with Gasteiger partial charge < -0.3 is 4.74 Å². The molecule has 0 atom stereocenters. The van der Waals surface area contributed by atoms with Crippen molar-refractivity contribution in [1.29, 1.82) is 0 Å². The van der Waals surface area contributed by atoms with Gasteiger partial charge in [-0.1, -0.05) is 59.2 Å². The minimum atomic E-state index is -0.507. The monoisotopic (exact) mass is 454 g/mol. The Balaban J connectivity index is 1.76. The van der Waals surface area contributed by atoms with E-state index in [9.17, 15) is 4.79 Å². The van der Waals surface area contributed by atoms with Crippen LogP contribution in [0.25, 0.3) is 5.69 Å². The molecular formula is C23H16Cl2N2O2S. The van der Waals surface area contributed by atoms with Crippen LogP contribution in [0, 0.1) is 6.92 Å². The summed E-state index contributed by atoms with van der Waals surface area (Å²) < 4.78 is 7.48. The molecule has 4 nitrogen and oxygen atoms in total. The van der Waals surface area contributed by atoms with Gasteiger partial charge in [-0.2, -0.15) is 9.78 Å². The van der Waals surface area contributed by atoms with E-state index in [1.807, 2.05) is 61.5 Å². The van der Waals surface area contributed by atoms with Gasteiger partial charge in [0, 0.05) is 14.9 Å². The van der Waals surface area contributed by atoms with Crippen molar-refractivity contribution in [3.8, 4) is 11.6 Å². The van der Waals surface area contributed by atoms with Crippen molar-refractivity contribution in [2.75, 3.05) is 0 Å². The van der Waals surface area contributed by atoms with Gasteiger partial charge in [0.25, 0.3) is 0 Å². The topological polar surface area (TPSA) is 44.1 Å². The van der Waals surface area contributed by atoms with Crippen molar-refractivity contribution in [1.82, 2.24) is 9.78 Å². The summed E-state index contributed by atoms with van der Waals surface area (Å²) in [7, 11) is 0. The molecule has 7 heteroatoms. The molecule has 0 bridgehead atoms. The van der Waals surface area contributed by atoms with E-state index in [-0.39, 0.29) is 0 Å². The molecule has 0 aliphatic rings. The third kappa shape index (κ3) is 4.54. The Morgan fingerprint density at radius 2 is 1.67 bits per heavy atom. The van der Waals surface area contributed by atoms with E-state index in [1.165, 1.54) is 11.8 Å². The predicted octanol–water partition coefficient (Wildman–Crippen LogP) is 6.86. The third-order valence-electron chi connectivity index (χ3n) is 4.25. The van der Waals surface area contributed by atoms with Gasteiger partial charge in [-0.3, -0.25) is 0 Å². The standard InChI is InChI=1S/C23H16Cl2N2O2S/c1-15-21(30-20-12-10-17(24)11-13-20)22(27(26-15)19-8-3-2-4-9-19)29-23(28)16-6-5-7-18(25)14-16/h2-14H,1H3. The number of carbonyl (C=O) groups is 1. The van der Waals surface area contributed by atoms with E-state index in [2.05, 4.69) is 5.10 Å². The molecule has 0 aliphatic heterocycles. The number of nitrogens with zero attached hydrogens (tertiary/aromatic N) is 2. The highest BCUT2D eigenvalue weighted by atomic mass is 35.5. The average molecular weight is 455 g/mol.